The summed E-state index contributed by atoms with van der Waals surface area (Å²) in [4.78, 5) is 0. The molecular formula is C17H20ClNO2. The number of halogens is 1. The third-order valence-corrected chi connectivity index (χ3v) is 3.63. The van der Waals surface area contributed by atoms with Gasteiger partial charge in [0.05, 0.1) is 13.7 Å². The molecule has 0 aliphatic rings. The fourth-order valence-corrected chi connectivity index (χ4v) is 2.37. The van der Waals surface area contributed by atoms with Crippen molar-refractivity contribution in [3.8, 4) is 5.75 Å². The second kappa shape index (κ2) is 8.03. The number of hydrogen-bond acceptors (Lipinski definition) is 3. The zero-order valence-electron chi connectivity index (χ0n) is 12.1. The van der Waals surface area contributed by atoms with Crippen LogP contribution in [0, 0.1) is 0 Å². The Hall–Kier alpha value is -1.55. The first-order valence-electron chi connectivity index (χ1n) is 6.95. The zero-order valence-corrected chi connectivity index (χ0v) is 12.8. The van der Waals surface area contributed by atoms with Crippen LogP contribution in [0.2, 0.25) is 5.02 Å². The Morgan fingerprint density at radius 3 is 2.33 bits per heavy atom. The number of ether oxygens (including phenoxy) is 1. The van der Waals surface area contributed by atoms with Gasteiger partial charge < -0.3 is 15.2 Å². The van der Waals surface area contributed by atoms with E-state index in [-0.39, 0.29) is 12.6 Å². The Bertz CT molecular complexity index is 540. The van der Waals surface area contributed by atoms with E-state index in [0.717, 1.165) is 17.2 Å². The van der Waals surface area contributed by atoms with Crippen LogP contribution in [0.5, 0.6) is 5.75 Å². The van der Waals surface area contributed by atoms with Crippen LogP contribution in [-0.4, -0.2) is 25.4 Å². The Labute approximate surface area is 130 Å². The van der Waals surface area contributed by atoms with E-state index < -0.39 is 0 Å². The lowest BCUT2D eigenvalue weighted by Gasteiger charge is -2.19. The van der Waals surface area contributed by atoms with Crippen LogP contribution in [0.4, 0.5) is 0 Å². The molecule has 112 valence electrons. The van der Waals surface area contributed by atoms with Gasteiger partial charge in [-0.05, 0) is 41.8 Å². The number of aliphatic hydroxyl groups is 1. The monoisotopic (exact) mass is 305 g/mol. The molecular weight excluding hydrogens is 286 g/mol. The highest BCUT2D eigenvalue weighted by atomic mass is 35.5. The van der Waals surface area contributed by atoms with Gasteiger partial charge in [-0.2, -0.15) is 0 Å². The molecule has 3 nitrogen and oxygen atoms in total. The zero-order chi connectivity index (χ0) is 15.1. The summed E-state index contributed by atoms with van der Waals surface area (Å²) < 4.78 is 5.19. The quantitative estimate of drug-likeness (QED) is 0.825. The summed E-state index contributed by atoms with van der Waals surface area (Å²) in [6.07, 6.45) is 0.837. The topological polar surface area (TPSA) is 41.5 Å². The summed E-state index contributed by atoms with van der Waals surface area (Å²) in [7, 11) is 1.66. The van der Waals surface area contributed by atoms with Crippen LogP contribution in [0.1, 0.15) is 17.2 Å². The van der Waals surface area contributed by atoms with Crippen LogP contribution in [0.25, 0.3) is 0 Å². The minimum absolute atomic E-state index is 0.118. The first-order valence-corrected chi connectivity index (χ1v) is 7.33. The molecule has 0 bridgehead atoms. The minimum atomic E-state index is 0.118. The van der Waals surface area contributed by atoms with Gasteiger partial charge >= 0.3 is 0 Å². The average Bonchev–Trinajstić information content (AvgIpc) is 2.53. The highest BCUT2D eigenvalue weighted by Gasteiger charge is 2.12. The highest BCUT2D eigenvalue weighted by Crippen LogP contribution is 2.22. The Balaban J connectivity index is 2.14. The summed E-state index contributed by atoms with van der Waals surface area (Å²) in [5.74, 6) is 0.839. The van der Waals surface area contributed by atoms with Crippen LogP contribution in [0.15, 0.2) is 48.5 Å². The molecule has 0 saturated heterocycles. The van der Waals surface area contributed by atoms with E-state index in [1.807, 2.05) is 48.5 Å². The van der Waals surface area contributed by atoms with Crippen LogP contribution >= 0.6 is 11.6 Å². The lowest BCUT2D eigenvalue weighted by atomic mass is 9.98. The number of methoxy groups -OCH3 is 1. The van der Waals surface area contributed by atoms with E-state index >= 15 is 0 Å². The molecule has 21 heavy (non-hydrogen) atoms. The van der Waals surface area contributed by atoms with Crippen molar-refractivity contribution in [3.05, 3.63) is 64.7 Å². The van der Waals surface area contributed by atoms with E-state index in [4.69, 9.17) is 21.4 Å². The standard InChI is InChI=1S/C17H20ClNO2/c1-21-16-8-4-14(5-9-16)17(19-10-11-20)12-13-2-6-15(18)7-3-13/h2-9,17,19-20H,10-12H2,1H3/t17-/m0/s1. The normalized spacial score (nSPS) is 12.1. The van der Waals surface area contributed by atoms with Crippen molar-refractivity contribution in [2.45, 2.75) is 12.5 Å². The molecule has 0 heterocycles. The highest BCUT2D eigenvalue weighted by molar-refractivity contribution is 6.30. The number of hydrogen-bond donors (Lipinski definition) is 2. The van der Waals surface area contributed by atoms with E-state index in [1.165, 1.54) is 11.1 Å². The third kappa shape index (κ3) is 4.74. The van der Waals surface area contributed by atoms with Gasteiger partial charge in [-0.15, -0.1) is 0 Å². The van der Waals surface area contributed by atoms with Gasteiger partial charge in [0.15, 0.2) is 0 Å². The Morgan fingerprint density at radius 2 is 1.76 bits per heavy atom. The molecule has 0 aromatic heterocycles. The van der Waals surface area contributed by atoms with Gasteiger partial charge in [0.2, 0.25) is 0 Å². The first-order chi connectivity index (χ1) is 10.2. The maximum Gasteiger partial charge on any atom is 0.118 e. The van der Waals surface area contributed by atoms with E-state index in [9.17, 15) is 0 Å². The fraction of sp³-hybridized carbons (Fsp3) is 0.294. The smallest absolute Gasteiger partial charge is 0.118 e. The summed E-state index contributed by atoms with van der Waals surface area (Å²) in [6.45, 7) is 0.678. The second-order valence-corrected chi connectivity index (χ2v) is 5.27. The van der Waals surface area contributed by atoms with Gasteiger partial charge in [-0.25, -0.2) is 0 Å². The molecule has 0 amide bonds. The SMILES string of the molecule is COc1ccc([C@H](Cc2ccc(Cl)cc2)NCCO)cc1. The molecule has 0 aliphatic carbocycles. The summed E-state index contributed by atoms with van der Waals surface area (Å²) in [6, 6.07) is 16.0. The minimum Gasteiger partial charge on any atom is -0.497 e. The number of nitrogens with one attached hydrogen (secondary N) is 1. The van der Waals surface area contributed by atoms with Crippen LogP contribution < -0.4 is 10.1 Å². The van der Waals surface area contributed by atoms with Gasteiger partial charge in [0.25, 0.3) is 0 Å². The van der Waals surface area contributed by atoms with Crippen molar-refractivity contribution < 1.29 is 9.84 Å². The molecule has 2 rings (SSSR count). The Morgan fingerprint density at radius 1 is 1.10 bits per heavy atom. The molecule has 2 aromatic rings. The van der Waals surface area contributed by atoms with Crippen molar-refractivity contribution in [2.75, 3.05) is 20.3 Å². The van der Waals surface area contributed by atoms with E-state index in [0.29, 0.717) is 6.54 Å². The lowest BCUT2D eigenvalue weighted by Crippen LogP contribution is -2.26. The predicted octanol–water partition coefficient (Wildman–Crippen LogP) is 3.21. The molecule has 0 fully saturated rings. The molecule has 1 atom stereocenters. The number of rotatable bonds is 7. The maximum absolute atomic E-state index is 9.05. The van der Waals surface area contributed by atoms with Crippen LogP contribution in [-0.2, 0) is 6.42 Å². The molecule has 0 aliphatic heterocycles. The molecule has 0 unspecified atom stereocenters. The van der Waals surface area contributed by atoms with Gasteiger partial charge in [0.1, 0.15) is 5.75 Å². The average molecular weight is 306 g/mol. The summed E-state index contributed by atoms with van der Waals surface area (Å²) >= 11 is 5.92. The van der Waals surface area contributed by atoms with Gasteiger partial charge in [0, 0.05) is 17.6 Å². The van der Waals surface area contributed by atoms with Crippen molar-refractivity contribution in [2.24, 2.45) is 0 Å². The largest absolute Gasteiger partial charge is 0.497 e. The molecule has 0 saturated carbocycles. The van der Waals surface area contributed by atoms with E-state index in [1.54, 1.807) is 7.11 Å². The number of benzene rings is 2. The second-order valence-electron chi connectivity index (χ2n) is 4.83. The Kier molecular flexibility index (Phi) is 6.05. The van der Waals surface area contributed by atoms with Crippen molar-refractivity contribution in [3.63, 3.8) is 0 Å². The van der Waals surface area contributed by atoms with Crippen molar-refractivity contribution >= 4 is 11.6 Å². The molecule has 2 N–H and O–H groups in total. The third-order valence-electron chi connectivity index (χ3n) is 3.37. The number of aliphatic hydroxyl groups excluding tert-OH is 1. The van der Waals surface area contributed by atoms with Crippen molar-refractivity contribution in [1.82, 2.24) is 5.32 Å². The maximum atomic E-state index is 9.05. The summed E-state index contributed by atoms with van der Waals surface area (Å²) in [5, 5.41) is 13.1. The molecule has 0 radical (unpaired) electrons. The van der Waals surface area contributed by atoms with Gasteiger partial charge in [-0.3, -0.25) is 0 Å². The van der Waals surface area contributed by atoms with E-state index in [2.05, 4.69) is 5.32 Å². The fourth-order valence-electron chi connectivity index (χ4n) is 2.24. The summed E-state index contributed by atoms with van der Waals surface area (Å²) in [5.41, 5.74) is 2.37. The van der Waals surface area contributed by atoms with Gasteiger partial charge in [-0.1, -0.05) is 35.9 Å². The van der Waals surface area contributed by atoms with Crippen molar-refractivity contribution in [1.29, 1.82) is 0 Å². The molecule has 2 aromatic carbocycles. The predicted molar refractivity (Wildman–Crippen MR) is 86.0 cm³/mol. The lowest BCUT2D eigenvalue weighted by molar-refractivity contribution is 0.284. The first kappa shape index (κ1) is 15.8. The molecule has 0 spiro atoms. The molecule has 4 heteroatoms. The van der Waals surface area contributed by atoms with Crippen LogP contribution in [0.3, 0.4) is 0 Å².